The number of hydrogen-bond donors (Lipinski definition) is 1. The molecular weight excluding hydrogens is 284 g/mol. The van der Waals surface area contributed by atoms with E-state index in [4.69, 9.17) is 17.3 Å². The molecule has 1 aliphatic heterocycles. The molecular formula is C17H25ClN2O. The standard InChI is InChI=1S/C17H25ClN2O/c1-3-17(4-2,13-7-9-14(18)10-8-13)16(21)20-11-5-6-15(19)12-20/h7-10,15H,3-6,11-12,19H2,1-2H3. The van der Waals surface area contributed by atoms with Gasteiger partial charge in [-0.15, -0.1) is 0 Å². The summed E-state index contributed by atoms with van der Waals surface area (Å²) in [6.07, 6.45) is 3.58. The highest BCUT2D eigenvalue weighted by atomic mass is 35.5. The predicted molar refractivity (Wildman–Crippen MR) is 87.5 cm³/mol. The number of carbonyl (C=O) groups excluding carboxylic acids is 1. The van der Waals surface area contributed by atoms with Crippen molar-refractivity contribution in [1.29, 1.82) is 0 Å². The van der Waals surface area contributed by atoms with Crippen LogP contribution in [0.15, 0.2) is 24.3 Å². The zero-order chi connectivity index (χ0) is 15.5. The molecule has 0 aromatic heterocycles. The first-order valence-corrected chi connectivity index (χ1v) is 8.22. The highest BCUT2D eigenvalue weighted by Crippen LogP contribution is 2.35. The first kappa shape index (κ1) is 16.3. The summed E-state index contributed by atoms with van der Waals surface area (Å²) < 4.78 is 0. The number of rotatable bonds is 4. The van der Waals surface area contributed by atoms with Crippen molar-refractivity contribution < 1.29 is 4.79 Å². The van der Waals surface area contributed by atoms with Crippen molar-refractivity contribution in [3.05, 3.63) is 34.9 Å². The number of hydrogen-bond acceptors (Lipinski definition) is 2. The van der Waals surface area contributed by atoms with Crippen LogP contribution in [0.25, 0.3) is 0 Å². The molecule has 0 saturated carbocycles. The molecule has 1 aliphatic rings. The number of nitrogens with two attached hydrogens (primary N) is 1. The van der Waals surface area contributed by atoms with Crippen LogP contribution in [0.2, 0.25) is 5.02 Å². The SMILES string of the molecule is CCC(CC)(C(=O)N1CCCC(N)C1)c1ccc(Cl)cc1. The summed E-state index contributed by atoms with van der Waals surface area (Å²) in [5.74, 6) is 0.213. The normalized spacial score (nSPS) is 19.6. The monoisotopic (exact) mass is 308 g/mol. The lowest BCUT2D eigenvalue weighted by molar-refractivity contribution is -0.139. The average Bonchev–Trinajstić information content (AvgIpc) is 2.50. The molecule has 0 radical (unpaired) electrons. The van der Waals surface area contributed by atoms with E-state index < -0.39 is 5.41 Å². The quantitative estimate of drug-likeness (QED) is 0.927. The smallest absolute Gasteiger partial charge is 0.233 e. The average molecular weight is 309 g/mol. The summed E-state index contributed by atoms with van der Waals surface area (Å²) in [5.41, 5.74) is 6.64. The van der Waals surface area contributed by atoms with E-state index in [0.29, 0.717) is 11.6 Å². The maximum atomic E-state index is 13.2. The summed E-state index contributed by atoms with van der Waals surface area (Å²) in [7, 11) is 0. The van der Waals surface area contributed by atoms with Crippen molar-refractivity contribution in [2.45, 2.75) is 51.0 Å². The second-order valence-electron chi connectivity index (χ2n) is 5.95. The molecule has 116 valence electrons. The third-order valence-electron chi connectivity index (χ3n) is 4.76. The van der Waals surface area contributed by atoms with Crippen LogP contribution in [0.3, 0.4) is 0 Å². The van der Waals surface area contributed by atoms with Crippen molar-refractivity contribution in [3.63, 3.8) is 0 Å². The molecule has 3 nitrogen and oxygen atoms in total. The molecule has 2 rings (SSSR count). The lowest BCUT2D eigenvalue weighted by Gasteiger charge is -2.39. The molecule has 1 aromatic rings. The molecule has 2 N–H and O–H groups in total. The van der Waals surface area contributed by atoms with E-state index in [0.717, 1.165) is 37.8 Å². The Morgan fingerprint density at radius 2 is 1.95 bits per heavy atom. The highest BCUT2D eigenvalue weighted by molar-refractivity contribution is 6.30. The van der Waals surface area contributed by atoms with Gasteiger partial charge in [-0.3, -0.25) is 4.79 Å². The molecule has 1 atom stereocenters. The Morgan fingerprint density at radius 3 is 2.48 bits per heavy atom. The summed E-state index contributed by atoms with van der Waals surface area (Å²) >= 11 is 5.98. The molecule has 0 aliphatic carbocycles. The number of amides is 1. The fourth-order valence-corrected chi connectivity index (χ4v) is 3.48. The van der Waals surface area contributed by atoms with Crippen molar-refractivity contribution >= 4 is 17.5 Å². The Hall–Kier alpha value is -1.06. The first-order valence-electron chi connectivity index (χ1n) is 7.84. The summed E-state index contributed by atoms with van der Waals surface area (Å²) in [6, 6.07) is 7.81. The zero-order valence-corrected chi connectivity index (χ0v) is 13.7. The number of piperidine rings is 1. The van der Waals surface area contributed by atoms with Crippen LogP contribution < -0.4 is 5.73 Å². The van der Waals surface area contributed by atoms with Gasteiger partial charge in [-0.2, -0.15) is 0 Å². The van der Waals surface area contributed by atoms with Gasteiger partial charge in [0.15, 0.2) is 0 Å². The topological polar surface area (TPSA) is 46.3 Å². The minimum Gasteiger partial charge on any atom is -0.340 e. The molecule has 0 spiro atoms. The van der Waals surface area contributed by atoms with Crippen molar-refractivity contribution in [1.82, 2.24) is 4.90 Å². The number of nitrogens with zero attached hydrogens (tertiary/aromatic N) is 1. The second-order valence-corrected chi connectivity index (χ2v) is 6.39. The predicted octanol–water partition coefficient (Wildman–Crippen LogP) is 3.35. The molecule has 1 saturated heterocycles. The Morgan fingerprint density at radius 1 is 1.33 bits per heavy atom. The van der Waals surface area contributed by atoms with E-state index in [9.17, 15) is 4.79 Å². The van der Waals surface area contributed by atoms with Crippen LogP contribution in [0, 0.1) is 0 Å². The van der Waals surface area contributed by atoms with E-state index in [2.05, 4.69) is 13.8 Å². The van der Waals surface area contributed by atoms with Crippen LogP contribution in [0.4, 0.5) is 0 Å². The maximum absolute atomic E-state index is 13.2. The largest absolute Gasteiger partial charge is 0.340 e. The van der Waals surface area contributed by atoms with E-state index >= 15 is 0 Å². The molecule has 1 aromatic carbocycles. The fraction of sp³-hybridized carbons (Fsp3) is 0.588. The third kappa shape index (κ3) is 3.24. The van der Waals surface area contributed by atoms with Gasteiger partial charge in [0, 0.05) is 24.2 Å². The number of likely N-dealkylation sites (tertiary alicyclic amines) is 1. The van der Waals surface area contributed by atoms with Gasteiger partial charge in [-0.25, -0.2) is 0 Å². The first-order chi connectivity index (χ1) is 10.0. The molecule has 21 heavy (non-hydrogen) atoms. The highest BCUT2D eigenvalue weighted by Gasteiger charge is 2.40. The Bertz CT molecular complexity index is 482. The molecule has 1 amide bonds. The van der Waals surface area contributed by atoms with Crippen LogP contribution in [-0.2, 0) is 10.2 Å². The van der Waals surface area contributed by atoms with Crippen LogP contribution in [-0.4, -0.2) is 29.9 Å². The van der Waals surface area contributed by atoms with E-state index in [1.807, 2.05) is 29.2 Å². The summed E-state index contributed by atoms with van der Waals surface area (Å²) in [5, 5.41) is 0.701. The second kappa shape index (κ2) is 6.80. The zero-order valence-electron chi connectivity index (χ0n) is 12.9. The minimum atomic E-state index is -0.457. The van der Waals surface area contributed by atoms with Crippen molar-refractivity contribution in [3.8, 4) is 0 Å². The van der Waals surface area contributed by atoms with E-state index in [1.54, 1.807) is 0 Å². The molecule has 1 fully saturated rings. The Balaban J connectivity index is 2.32. The summed E-state index contributed by atoms with van der Waals surface area (Å²) in [6.45, 7) is 5.66. The van der Waals surface area contributed by atoms with Gasteiger partial charge in [-0.05, 0) is 43.4 Å². The van der Waals surface area contributed by atoms with Gasteiger partial charge in [0.05, 0.1) is 5.41 Å². The van der Waals surface area contributed by atoms with Gasteiger partial charge in [0.1, 0.15) is 0 Å². The molecule has 1 heterocycles. The number of carbonyl (C=O) groups is 1. The lowest BCUT2D eigenvalue weighted by atomic mass is 9.74. The van der Waals surface area contributed by atoms with Gasteiger partial charge in [-0.1, -0.05) is 37.6 Å². The van der Waals surface area contributed by atoms with Gasteiger partial charge < -0.3 is 10.6 Å². The van der Waals surface area contributed by atoms with Gasteiger partial charge in [0.25, 0.3) is 0 Å². The van der Waals surface area contributed by atoms with Crippen LogP contribution in [0.5, 0.6) is 0 Å². The van der Waals surface area contributed by atoms with Gasteiger partial charge in [0.2, 0.25) is 5.91 Å². The number of halogens is 1. The summed E-state index contributed by atoms with van der Waals surface area (Å²) in [4.78, 5) is 15.1. The Kier molecular flexibility index (Phi) is 5.28. The lowest BCUT2D eigenvalue weighted by Crippen LogP contribution is -2.52. The van der Waals surface area contributed by atoms with Crippen LogP contribution in [0.1, 0.15) is 45.1 Å². The Labute approximate surface area is 132 Å². The van der Waals surface area contributed by atoms with E-state index in [1.165, 1.54) is 0 Å². The third-order valence-corrected chi connectivity index (χ3v) is 5.01. The molecule has 4 heteroatoms. The van der Waals surface area contributed by atoms with Gasteiger partial charge >= 0.3 is 0 Å². The number of benzene rings is 1. The van der Waals surface area contributed by atoms with E-state index in [-0.39, 0.29) is 11.9 Å². The van der Waals surface area contributed by atoms with Crippen molar-refractivity contribution in [2.75, 3.05) is 13.1 Å². The molecule has 0 bridgehead atoms. The fourth-order valence-electron chi connectivity index (χ4n) is 3.35. The maximum Gasteiger partial charge on any atom is 0.233 e. The van der Waals surface area contributed by atoms with Crippen molar-refractivity contribution in [2.24, 2.45) is 5.73 Å². The van der Waals surface area contributed by atoms with Crippen LogP contribution >= 0.6 is 11.6 Å². The minimum absolute atomic E-state index is 0.110. The molecule has 1 unspecified atom stereocenters.